The molecule has 3 nitrogen and oxygen atoms in total. The molecule has 1 fully saturated rings. The van der Waals surface area contributed by atoms with E-state index in [4.69, 9.17) is 15.1 Å². The fraction of sp³-hybridized carbons (Fsp3) is 0.917. The first kappa shape index (κ1) is 12.5. The molecule has 0 saturated heterocycles. The van der Waals surface area contributed by atoms with Gasteiger partial charge in [0.25, 0.3) is 0 Å². The van der Waals surface area contributed by atoms with Crippen molar-refractivity contribution in [2.45, 2.75) is 51.0 Å². The molecule has 0 unspecified atom stereocenters. The quantitative estimate of drug-likeness (QED) is 0.710. The van der Waals surface area contributed by atoms with Crippen molar-refractivity contribution in [1.82, 2.24) is 0 Å². The SMILES string of the molecule is CCC1CCC(C#N)(OCCCO)CC1. The van der Waals surface area contributed by atoms with E-state index in [0.717, 1.165) is 31.6 Å². The van der Waals surface area contributed by atoms with Crippen molar-refractivity contribution < 1.29 is 9.84 Å². The minimum absolute atomic E-state index is 0.138. The van der Waals surface area contributed by atoms with Crippen LogP contribution in [-0.2, 0) is 4.74 Å². The minimum atomic E-state index is -0.555. The highest BCUT2D eigenvalue weighted by Gasteiger charge is 2.35. The Labute approximate surface area is 92.0 Å². The molecule has 0 heterocycles. The van der Waals surface area contributed by atoms with Gasteiger partial charge in [0.2, 0.25) is 0 Å². The van der Waals surface area contributed by atoms with Gasteiger partial charge in [0.15, 0.2) is 5.60 Å². The summed E-state index contributed by atoms with van der Waals surface area (Å²) in [6, 6.07) is 2.32. The smallest absolute Gasteiger partial charge is 0.154 e. The first-order valence-corrected chi connectivity index (χ1v) is 5.92. The van der Waals surface area contributed by atoms with Crippen LogP contribution in [0.4, 0.5) is 0 Å². The van der Waals surface area contributed by atoms with E-state index in [1.165, 1.54) is 6.42 Å². The molecular weight excluding hydrogens is 190 g/mol. The summed E-state index contributed by atoms with van der Waals surface area (Å²) in [5.41, 5.74) is -0.555. The van der Waals surface area contributed by atoms with Gasteiger partial charge in [0.1, 0.15) is 0 Å². The maximum Gasteiger partial charge on any atom is 0.154 e. The molecule has 3 heteroatoms. The van der Waals surface area contributed by atoms with Gasteiger partial charge >= 0.3 is 0 Å². The zero-order valence-electron chi connectivity index (χ0n) is 9.54. The molecule has 0 aromatic heterocycles. The van der Waals surface area contributed by atoms with Crippen LogP contribution in [0.3, 0.4) is 0 Å². The van der Waals surface area contributed by atoms with E-state index in [2.05, 4.69) is 13.0 Å². The predicted molar refractivity (Wildman–Crippen MR) is 58.2 cm³/mol. The van der Waals surface area contributed by atoms with E-state index >= 15 is 0 Å². The second-order valence-corrected chi connectivity index (χ2v) is 4.38. The molecule has 1 saturated carbocycles. The van der Waals surface area contributed by atoms with E-state index < -0.39 is 5.60 Å². The Morgan fingerprint density at radius 1 is 1.47 bits per heavy atom. The largest absolute Gasteiger partial charge is 0.396 e. The van der Waals surface area contributed by atoms with Gasteiger partial charge in [-0.2, -0.15) is 5.26 Å². The average molecular weight is 211 g/mol. The number of ether oxygens (including phenoxy) is 1. The molecule has 15 heavy (non-hydrogen) atoms. The van der Waals surface area contributed by atoms with E-state index in [0.29, 0.717) is 13.0 Å². The highest BCUT2D eigenvalue weighted by Crippen LogP contribution is 2.35. The molecule has 0 spiro atoms. The van der Waals surface area contributed by atoms with Crippen molar-refractivity contribution >= 4 is 0 Å². The third-order valence-corrected chi connectivity index (χ3v) is 3.37. The van der Waals surface area contributed by atoms with Crippen molar-refractivity contribution in [3.05, 3.63) is 0 Å². The molecule has 0 atom stereocenters. The molecule has 1 N–H and O–H groups in total. The highest BCUT2D eigenvalue weighted by atomic mass is 16.5. The number of nitrogens with zero attached hydrogens (tertiary/aromatic N) is 1. The predicted octanol–water partition coefficient (Wildman–Crippen LogP) is 2.25. The second-order valence-electron chi connectivity index (χ2n) is 4.38. The molecule has 0 bridgehead atoms. The molecule has 0 aromatic rings. The van der Waals surface area contributed by atoms with Crippen LogP contribution in [0.15, 0.2) is 0 Å². The third kappa shape index (κ3) is 3.48. The summed E-state index contributed by atoms with van der Waals surface area (Å²) in [5.74, 6) is 0.771. The van der Waals surface area contributed by atoms with Gasteiger partial charge in [-0.25, -0.2) is 0 Å². The van der Waals surface area contributed by atoms with Crippen LogP contribution in [-0.4, -0.2) is 23.9 Å². The van der Waals surface area contributed by atoms with Crippen LogP contribution in [0.25, 0.3) is 0 Å². The molecule has 86 valence electrons. The summed E-state index contributed by atoms with van der Waals surface area (Å²) in [7, 11) is 0. The Bertz CT molecular complexity index is 209. The number of hydrogen-bond donors (Lipinski definition) is 1. The molecule has 1 aliphatic rings. The molecule has 1 rings (SSSR count). The van der Waals surface area contributed by atoms with Crippen LogP contribution in [0.2, 0.25) is 0 Å². The maximum absolute atomic E-state index is 9.16. The lowest BCUT2D eigenvalue weighted by molar-refractivity contribution is -0.0409. The Morgan fingerprint density at radius 3 is 2.60 bits per heavy atom. The van der Waals surface area contributed by atoms with Crippen molar-refractivity contribution in [2.24, 2.45) is 5.92 Å². The van der Waals surface area contributed by atoms with Crippen molar-refractivity contribution in [3.8, 4) is 6.07 Å². The Morgan fingerprint density at radius 2 is 2.13 bits per heavy atom. The summed E-state index contributed by atoms with van der Waals surface area (Å²) in [6.45, 7) is 2.84. The second kappa shape index (κ2) is 6.09. The summed E-state index contributed by atoms with van der Waals surface area (Å²) < 4.78 is 5.63. The lowest BCUT2D eigenvalue weighted by atomic mass is 9.78. The summed E-state index contributed by atoms with van der Waals surface area (Å²) in [6.07, 6.45) is 5.74. The minimum Gasteiger partial charge on any atom is -0.396 e. The monoisotopic (exact) mass is 211 g/mol. The molecule has 0 radical (unpaired) electrons. The van der Waals surface area contributed by atoms with E-state index in [1.54, 1.807) is 0 Å². The van der Waals surface area contributed by atoms with E-state index in [9.17, 15) is 0 Å². The number of aliphatic hydroxyl groups is 1. The number of hydrogen-bond acceptors (Lipinski definition) is 3. The first-order valence-electron chi connectivity index (χ1n) is 5.92. The summed E-state index contributed by atoms with van der Waals surface area (Å²) >= 11 is 0. The van der Waals surface area contributed by atoms with Crippen LogP contribution in [0, 0.1) is 17.2 Å². The molecule has 1 aliphatic carbocycles. The van der Waals surface area contributed by atoms with E-state index in [-0.39, 0.29) is 6.61 Å². The van der Waals surface area contributed by atoms with Gasteiger partial charge in [-0.1, -0.05) is 13.3 Å². The fourth-order valence-electron chi connectivity index (χ4n) is 2.17. The average Bonchev–Trinajstić information content (AvgIpc) is 2.30. The van der Waals surface area contributed by atoms with Crippen LogP contribution in [0.5, 0.6) is 0 Å². The van der Waals surface area contributed by atoms with Gasteiger partial charge in [-0.05, 0) is 38.0 Å². The number of nitriles is 1. The lowest BCUT2D eigenvalue weighted by Gasteiger charge is -2.34. The normalized spacial score (nSPS) is 31.1. The lowest BCUT2D eigenvalue weighted by Crippen LogP contribution is -2.36. The molecule has 0 aliphatic heterocycles. The number of rotatable bonds is 5. The van der Waals surface area contributed by atoms with Crippen molar-refractivity contribution in [3.63, 3.8) is 0 Å². The van der Waals surface area contributed by atoms with Gasteiger partial charge in [0.05, 0.1) is 12.7 Å². The van der Waals surface area contributed by atoms with Crippen LogP contribution in [0.1, 0.15) is 45.4 Å². The van der Waals surface area contributed by atoms with Gasteiger partial charge in [0, 0.05) is 6.61 Å². The zero-order chi connectivity index (χ0) is 11.1. The maximum atomic E-state index is 9.16. The molecular formula is C12H21NO2. The van der Waals surface area contributed by atoms with Crippen molar-refractivity contribution in [2.75, 3.05) is 13.2 Å². The topological polar surface area (TPSA) is 53.2 Å². The van der Waals surface area contributed by atoms with Gasteiger partial charge < -0.3 is 9.84 Å². The fourth-order valence-corrected chi connectivity index (χ4v) is 2.17. The van der Waals surface area contributed by atoms with Crippen LogP contribution >= 0.6 is 0 Å². The highest BCUT2D eigenvalue weighted by molar-refractivity contribution is 5.04. The summed E-state index contributed by atoms with van der Waals surface area (Å²) in [4.78, 5) is 0. The van der Waals surface area contributed by atoms with Crippen LogP contribution < -0.4 is 0 Å². The Hall–Kier alpha value is -0.590. The third-order valence-electron chi connectivity index (χ3n) is 3.37. The zero-order valence-corrected chi connectivity index (χ0v) is 9.54. The molecule has 0 amide bonds. The standard InChI is InChI=1S/C12H21NO2/c1-2-11-4-6-12(10-13,7-5-11)15-9-3-8-14/h11,14H,2-9H2,1H3. The number of aliphatic hydroxyl groups excluding tert-OH is 1. The first-order chi connectivity index (χ1) is 7.26. The Kier molecular flexibility index (Phi) is 5.07. The Balaban J connectivity index is 2.39. The van der Waals surface area contributed by atoms with E-state index in [1.807, 2.05) is 0 Å². The van der Waals surface area contributed by atoms with Gasteiger partial charge in [-0.3, -0.25) is 0 Å². The molecule has 0 aromatic carbocycles. The van der Waals surface area contributed by atoms with Crippen molar-refractivity contribution in [1.29, 1.82) is 5.26 Å². The summed E-state index contributed by atoms with van der Waals surface area (Å²) in [5, 5.41) is 17.8. The van der Waals surface area contributed by atoms with Gasteiger partial charge in [-0.15, -0.1) is 0 Å².